The van der Waals surface area contributed by atoms with E-state index in [1.165, 1.54) is 77.0 Å². The maximum absolute atomic E-state index is 12.8. The van der Waals surface area contributed by atoms with Crippen molar-refractivity contribution in [2.75, 3.05) is 13.2 Å². The van der Waals surface area contributed by atoms with Crippen LogP contribution >= 0.6 is 0 Å². The minimum absolute atomic E-state index is 0.109. The Labute approximate surface area is 387 Å². The van der Waals surface area contributed by atoms with Gasteiger partial charge in [-0.2, -0.15) is 0 Å². The zero-order valence-electron chi connectivity index (χ0n) is 40.8. The highest BCUT2D eigenvalue weighted by atomic mass is 16.6. The molecule has 0 amide bonds. The lowest BCUT2D eigenvalue weighted by Gasteiger charge is -2.18. The van der Waals surface area contributed by atoms with Crippen LogP contribution in [0.5, 0.6) is 0 Å². The average molecular weight is 875 g/mol. The van der Waals surface area contributed by atoms with Gasteiger partial charge in [0.05, 0.1) is 0 Å². The number of unbranched alkanes of at least 4 members (excludes halogenated alkanes) is 18. The molecule has 0 N–H and O–H groups in total. The minimum atomic E-state index is -0.814. The second-order valence-corrected chi connectivity index (χ2v) is 16.7. The molecular weight excluding hydrogens is 781 g/mol. The molecule has 1 atom stereocenters. The smallest absolute Gasteiger partial charge is 0.306 e. The first-order valence-electron chi connectivity index (χ1n) is 25.7. The third-order valence-electron chi connectivity index (χ3n) is 10.5. The lowest BCUT2D eigenvalue weighted by molar-refractivity contribution is -0.167. The van der Waals surface area contributed by atoms with Gasteiger partial charge in [-0.05, 0) is 122 Å². The van der Waals surface area contributed by atoms with Gasteiger partial charge < -0.3 is 14.2 Å². The molecule has 6 nitrogen and oxygen atoms in total. The molecule has 63 heavy (non-hydrogen) atoms. The second-order valence-electron chi connectivity index (χ2n) is 16.7. The van der Waals surface area contributed by atoms with Crippen molar-refractivity contribution >= 4 is 17.9 Å². The highest BCUT2D eigenvalue weighted by molar-refractivity contribution is 5.71. The number of carbonyl (C=O) groups excluding carboxylic acids is 3. The number of ether oxygens (including phenoxy) is 3. The molecule has 358 valence electrons. The number of carbonyl (C=O) groups is 3. The molecule has 0 heterocycles. The van der Waals surface area contributed by atoms with Crippen LogP contribution in [0.4, 0.5) is 0 Å². The summed E-state index contributed by atoms with van der Waals surface area (Å²) in [4.78, 5) is 37.9. The fourth-order valence-corrected chi connectivity index (χ4v) is 6.59. The van der Waals surface area contributed by atoms with Gasteiger partial charge in [0.15, 0.2) is 6.10 Å². The lowest BCUT2D eigenvalue weighted by Crippen LogP contribution is -2.30. The monoisotopic (exact) mass is 875 g/mol. The van der Waals surface area contributed by atoms with E-state index in [0.29, 0.717) is 19.3 Å². The molecule has 0 aromatic carbocycles. The van der Waals surface area contributed by atoms with Crippen LogP contribution in [0.1, 0.15) is 226 Å². The van der Waals surface area contributed by atoms with E-state index in [4.69, 9.17) is 14.2 Å². The lowest BCUT2D eigenvalue weighted by atomic mass is 10.1. The Morgan fingerprint density at radius 3 is 1.00 bits per heavy atom. The Bertz CT molecular complexity index is 1280. The summed E-state index contributed by atoms with van der Waals surface area (Å²) in [5, 5.41) is 0. The van der Waals surface area contributed by atoms with E-state index in [-0.39, 0.29) is 37.5 Å². The molecular formula is C57H94O6. The van der Waals surface area contributed by atoms with Gasteiger partial charge in [-0.15, -0.1) is 0 Å². The van der Waals surface area contributed by atoms with Gasteiger partial charge in [0, 0.05) is 19.3 Å². The number of hydrogen-bond donors (Lipinski definition) is 0. The number of allylic oxidation sites excluding steroid dienone is 16. The normalized spacial score (nSPS) is 12.9. The first-order chi connectivity index (χ1) is 31.0. The summed E-state index contributed by atoms with van der Waals surface area (Å²) in [7, 11) is 0. The van der Waals surface area contributed by atoms with Crippen molar-refractivity contribution in [1.82, 2.24) is 0 Å². The summed E-state index contributed by atoms with van der Waals surface area (Å²) in [5.74, 6) is -0.994. The molecule has 0 aromatic rings. The van der Waals surface area contributed by atoms with Crippen molar-refractivity contribution in [3.63, 3.8) is 0 Å². The molecule has 0 fully saturated rings. The quantitative estimate of drug-likeness (QED) is 0.0262. The minimum Gasteiger partial charge on any atom is -0.462 e. The van der Waals surface area contributed by atoms with E-state index < -0.39 is 6.10 Å². The molecule has 6 heteroatoms. The number of esters is 3. The van der Waals surface area contributed by atoms with Crippen molar-refractivity contribution in [2.45, 2.75) is 232 Å². The molecule has 0 aliphatic carbocycles. The zero-order valence-corrected chi connectivity index (χ0v) is 40.8. The first-order valence-corrected chi connectivity index (χ1v) is 25.7. The molecule has 0 unspecified atom stereocenters. The Morgan fingerprint density at radius 2 is 0.587 bits per heavy atom. The van der Waals surface area contributed by atoms with Gasteiger partial charge in [0.25, 0.3) is 0 Å². The van der Waals surface area contributed by atoms with E-state index in [1.54, 1.807) is 0 Å². The summed E-state index contributed by atoms with van der Waals surface area (Å²) >= 11 is 0. The SMILES string of the molecule is CCCC/C=C\CCCCCCCC(=O)OC[C@H](COC(=O)CCCCC/C=C\C/C=C\C/C=C\C/C=C\CCCCC)OC(=O)CCCC/C=C\C/C=C\C/C=C\CCCCC. The molecule has 0 aliphatic rings. The Hall–Kier alpha value is -3.67. The highest BCUT2D eigenvalue weighted by Gasteiger charge is 2.19. The zero-order chi connectivity index (χ0) is 45.8. The second kappa shape index (κ2) is 51.0. The highest BCUT2D eigenvalue weighted by Crippen LogP contribution is 2.12. The van der Waals surface area contributed by atoms with E-state index in [2.05, 4.69) is 118 Å². The summed E-state index contributed by atoms with van der Waals surface area (Å²) in [5.41, 5.74) is 0. The van der Waals surface area contributed by atoms with Crippen molar-refractivity contribution in [2.24, 2.45) is 0 Å². The van der Waals surface area contributed by atoms with Gasteiger partial charge >= 0.3 is 17.9 Å². The van der Waals surface area contributed by atoms with Crippen LogP contribution in [0.25, 0.3) is 0 Å². The van der Waals surface area contributed by atoms with Crippen molar-refractivity contribution in [1.29, 1.82) is 0 Å². The number of rotatable bonds is 45. The van der Waals surface area contributed by atoms with Gasteiger partial charge in [0.1, 0.15) is 13.2 Å². The van der Waals surface area contributed by atoms with Gasteiger partial charge in [-0.3, -0.25) is 14.4 Å². The molecule has 0 spiro atoms. The summed E-state index contributed by atoms with van der Waals surface area (Å²) in [6.45, 7) is 6.46. The van der Waals surface area contributed by atoms with Crippen LogP contribution in [0.3, 0.4) is 0 Å². The van der Waals surface area contributed by atoms with Crippen LogP contribution in [0.2, 0.25) is 0 Å². The standard InChI is InChI=1S/C57H94O6/c1-4-7-10-13-16-19-22-24-26-27-28-29-31-32-35-38-41-44-47-50-56(59)62-53-54(52-61-55(58)49-46-43-40-37-34-21-18-15-12-9-6-3)63-57(60)51-48-45-42-39-36-33-30-25-23-20-17-14-11-8-5-2/h15-20,24-26,28-30,32,35-36,39,54H,4-14,21-23,27,31,33-34,37-38,40-53H2,1-3H3/b18-15-,19-16-,20-17-,26-24-,29-28-,30-25-,35-32-,39-36-/t54-/m1/s1. The number of hydrogen-bond acceptors (Lipinski definition) is 6. The summed E-state index contributed by atoms with van der Waals surface area (Å²) in [6, 6.07) is 0. The van der Waals surface area contributed by atoms with Crippen LogP contribution in [-0.2, 0) is 28.6 Å². The van der Waals surface area contributed by atoms with E-state index in [0.717, 1.165) is 103 Å². The molecule has 0 aromatic heterocycles. The Kier molecular flexibility index (Phi) is 48.0. The molecule has 0 radical (unpaired) electrons. The van der Waals surface area contributed by atoms with Crippen molar-refractivity contribution < 1.29 is 28.6 Å². The van der Waals surface area contributed by atoms with Gasteiger partial charge in [-0.25, -0.2) is 0 Å². The third kappa shape index (κ3) is 49.2. The fourth-order valence-electron chi connectivity index (χ4n) is 6.59. The fraction of sp³-hybridized carbons (Fsp3) is 0.667. The van der Waals surface area contributed by atoms with Crippen molar-refractivity contribution in [3.05, 3.63) is 97.2 Å². The summed E-state index contributed by atoms with van der Waals surface area (Å²) in [6.07, 6.45) is 66.7. The van der Waals surface area contributed by atoms with E-state index >= 15 is 0 Å². The maximum Gasteiger partial charge on any atom is 0.306 e. The van der Waals surface area contributed by atoms with Gasteiger partial charge in [0.2, 0.25) is 0 Å². The Balaban J connectivity index is 4.50. The largest absolute Gasteiger partial charge is 0.462 e. The average Bonchev–Trinajstić information content (AvgIpc) is 3.28. The summed E-state index contributed by atoms with van der Waals surface area (Å²) < 4.78 is 16.7. The van der Waals surface area contributed by atoms with Gasteiger partial charge in [-0.1, -0.05) is 182 Å². The van der Waals surface area contributed by atoms with Crippen LogP contribution in [0, 0.1) is 0 Å². The van der Waals surface area contributed by atoms with Crippen LogP contribution in [0.15, 0.2) is 97.2 Å². The molecule has 0 bridgehead atoms. The Morgan fingerprint density at radius 1 is 0.317 bits per heavy atom. The molecule has 0 saturated carbocycles. The molecule has 0 rings (SSSR count). The molecule has 0 aliphatic heterocycles. The third-order valence-corrected chi connectivity index (χ3v) is 10.5. The predicted octanol–water partition coefficient (Wildman–Crippen LogP) is 17.0. The van der Waals surface area contributed by atoms with E-state index in [1.807, 2.05) is 0 Å². The predicted molar refractivity (Wildman–Crippen MR) is 270 cm³/mol. The van der Waals surface area contributed by atoms with Crippen molar-refractivity contribution in [3.8, 4) is 0 Å². The first kappa shape index (κ1) is 59.3. The molecule has 0 saturated heterocycles. The topological polar surface area (TPSA) is 78.9 Å². The van der Waals surface area contributed by atoms with Crippen LogP contribution in [-0.4, -0.2) is 37.2 Å². The van der Waals surface area contributed by atoms with Crippen LogP contribution < -0.4 is 0 Å². The van der Waals surface area contributed by atoms with E-state index in [9.17, 15) is 14.4 Å². The maximum atomic E-state index is 12.8.